The Labute approximate surface area is 215 Å². The van der Waals surface area contributed by atoms with Crippen molar-refractivity contribution in [1.82, 2.24) is 0 Å². The summed E-state index contributed by atoms with van der Waals surface area (Å²) >= 11 is 0. The van der Waals surface area contributed by atoms with Gasteiger partial charge in [0.15, 0.2) is 11.4 Å². The molecule has 38 heavy (non-hydrogen) atoms. The van der Waals surface area contributed by atoms with Gasteiger partial charge in [0.05, 0.1) is 4.92 Å². The number of fused-ring (bicyclic) bond motifs is 3. The molecule has 5 aromatic carbocycles. The van der Waals surface area contributed by atoms with Crippen LogP contribution in [0, 0.1) is 21.4 Å². The average molecular weight is 496 g/mol. The number of ether oxygens (including phenoxy) is 1. The van der Waals surface area contributed by atoms with Gasteiger partial charge in [0.1, 0.15) is 17.3 Å². The Morgan fingerprint density at radius 2 is 1.58 bits per heavy atom. The van der Waals surface area contributed by atoms with E-state index < -0.39 is 10.9 Å². The lowest BCUT2D eigenvalue weighted by molar-refractivity contribution is -0.384. The van der Waals surface area contributed by atoms with Crippen LogP contribution in [0.2, 0.25) is 0 Å². The lowest BCUT2D eigenvalue weighted by Crippen LogP contribution is -2.10. The quantitative estimate of drug-likeness (QED) is 0.0459. The number of rotatable bonds is 5. The van der Waals surface area contributed by atoms with Crippen molar-refractivity contribution in [2.45, 2.75) is 0 Å². The van der Waals surface area contributed by atoms with E-state index in [2.05, 4.69) is 16.3 Å². The van der Waals surface area contributed by atoms with Crippen LogP contribution in [0.1, 0.15) is 5.56 Å². The van der Waals surface area contributed by atoms with Crippen LogP contribution in [-0.2, 0) is 4.79 Å². The van der Waals surface area contributed by atoms with Crippen LogP contribution in [0.3, 0.4) is 0 Å². The van der Waals surface area contributed by atoms with Gasteiger partial charge < -0.3 is 4.74 Å². The van der Waals surface area contributed by atoms with E-state index in [-0.39, 0.29) is 17.0 Å². The number of nitro benzene ring substituents is 1. The molecule has 5 aromatic rings. The Hall–Kier alpha value is -5.68. The molecule has 0 radical (unpaired) electrons. The van der Waals surface area contributed by atoms with E-state index in [1.807, 2.05) is 54.6 Å². The van der Waals surface area contributed by atoms with Gasteiger partial charge in [-0.3, -0.25) is 10.1 Å². The molecule has 0 aromatic heterocycles. The van der Waals surface area contributed by atoms with Crippen LogP contribution in [0.5, 0.6) is 5.75 Å². The summed E-state index contributed by atoms with van der Waals surface area (Å²) in [6.45, 7) is 0. The van der Waals surface area contributed by atoms with Gasteiger partial charge in [0.25, 0.3) is 5.69 Å². The number of non-ortho nitro benzene ring substituents is 1. The third kappa shape index (κ3) is 3.94. The predicted molar refractivity (Wildman–Crippen MR) is 143 cm³/mol. The summed E-state index contributed by atoms with van der Waals surface area (Å²) in [5.74, 6) is -0.631. The minimum atomic E-state index is -0.808. The van der Waals surface area contributed by atoms with Crippen LogP contribution in [0.4, 0.5) is 17.1 Å². The predicted octanol–water partition coefficient (Wildman–Crippen LogP) is 7.81. The van der Waals surface area contributed by atoms with Crippen LogP contribution in [0.15, 0.2) is 107 Å². The highest BCUT2D eigenvalue weighted by Crippen LogP contribution is 2.51. The minimum Gasteiger partial charge on any atom is -0.420 e. The molecule has 6 rings (SSSR count). The summed E-state index contributed by atoms with van der Waals surface area (Å²) in [6, 6.07) is 29.1. The minimum absolute atomic E-state index is 0.0186. The van der Waals surface area contributed by atoms with Gasteiger partial charge in [-0.15, -0.1) is 10.2 Å². The molecule has 0 unspecified atom stereocenters. The highest BCUT2D eigenvalue weighted by Gasteiger charge is 2.24. The summed E-state index contributed by atoms with van der Waals surface area (Å²) in [7, 11) is 0. The molecule has 0 fully saturated rings. The number of hydrogen-bond donors (Lipinski definition) is 0. The van der Waals surface area contributed by atoms with Crippen molar-refractivity contribution in [2.75, 3.05) is 0 Å². The van der Waals surface area contributed by atoms with Gasteiger partial charge >= 0.3 is 5.97 Å². The smallest absolute Gasteiger partial charge is 0.354 e. The second-order valence-corrected chi connectivity index (χ2v) is 8.64. The molecule has 0 atom stereocenters. The van der Waals surface area contributed by atoms with Crippen molar-refractivity contribution >= 4 is 50.7 Å². The maximum atomic E-state index is 13.0. The monoisotopic (exact) mass is 496 g/mol. The standard InChI is InChI=1S/C30H16N4O4/c31-17-23(15-22-7-3-6-21-14-19-4-1-2-5-20(19)16-26(21)22)30(35)38-27-13-12-25(28-29(27)33-32-28)18-8-10-24(11-9-18)34(36)37/h1-16H. The maximum Gasteiger partial charge on any atom is 0.354 e. The second-order valence-electron chi connectivity index (χ2n) is 8.64. The van der Waals surface area contributed by atoms with Crippen molar-refractivity contribution in [3.8, 4) is 22.9 Å². The summed E-state index contributed by atoms with van der Waals surface area (Å²) in [4.78, 5) is 23.5. The van der Waals surface area contributed by atoms with E-state index in [9.17, 15) is 20.2 Å². The van der Waals surface area contributed by atoms with E-state index in [1.54, 1.807) is 24.3 Å². The third-order valence-electron chi connectivity index (χ3n) is 6.38. The highest BCUT2D eigenvalue weighted by molar-refractivity contribution is 6.06. The molecule has 0 spiro atoms. The van der Waals surface area contributed by atoms with Crippen molar-refractivity contribution in [3.63, 3.8) is 0 Å². The molecule has 8 heteroatoms. The Balaban J connectivity index is 1.30. The fourth-order valence-corrected chi connectivity index (χ4v) is 4.46. The molecule has 0 bridgehead atoms. The number of hydrogen-bond acceptors (Lipinski definition) is 7. The van der Waals surface area contributed by atoms with Gasteiger partial charge in [-0.25, -0.2) is 4.79 Å². The van der Waals surface area contributed by atoms with E-state index in [1.165, 1.54) is 18.2 Å². The molecular formula is C30H16N4O4. The first-order valence-electron chi connectivity index (χ1n) is 11.6. The molecule has 0 amide bonds. The summed E-state index contributed by atoms with van der Waals surface area (Å²) in [6.07, 6.45) is 1.53. The summed E-state index contributed by atoms with van der Waals surface area (Å²) in [5.41, 5.74) is 2.84. The van der Waals surface area contributed by atoms with Gasteiger partial charge in [0, 0.05) is 17.7 Å². The SMILES string of the molecule is N#CC(=Cc1cccc2cc3ccccc3cc12)C(=O)Oc1ccc(-c2ccc([N+](=O)[O-])cc2)c2c1N=N2. The van der Waals surface area contributed by atoms with Crippen LogP contribution in [0.25, 0.3) is 38.7 Å². The number of carbonyl (C=O) groups is 1. The Morgan fingerprint density at radius 3 is 2.26 bits per heavy atom. The first kappa shape index (κ1) is 22.8. The average Bonchev–Trinajstić information content (AvgIpc) is 2.91. The summed E-state index contributed by atoms with van der Waals surface area (Å²) < 4.78 is 5.55. The third-order valence-corrected chi connectivity index (χ3v) is 6.38. The lowest BCUT2D eigenvalue weighted by Gasteiger charge is -2.16. The van der Waals surface area contributed by atoms with Gasteiger partial charge in [-0.1, -0.05) is 42.5 Å². The molecule has 0 N–H and O–H groups in total. The fourth-order valence-electron chi connectivity index (χ4n) is 4.46. The van der Waals surface area contributed by atoms with Gasteiger partial charge in [-0.05, 0) is 75.1 Å². The molecule has 0 saturated carbocycles. The first-order valence-corrected chi connectivity index (χ1v) is 11.6. The van der Waals surface area contributed by atoms with E-state index in [0.717, 1.165) is 27.1 Å². The molecule has 0 saturated heterocycles. The molecule has 180 valence electrons. The van der Waals surface area contributed by atoms with Crippen LogP contribution >= 0.6 is 0 Å². The number of esters is 1. The van der Waals surface area contributed by atoms with Crippen molar-refractivity contribution in [2.24, 2.45) is 10.2 Å². The number of azo groups is 1. The number of nitro groups is 1. The molecular weight excluding hydrogens is 480 g/mol. The largest absolute Gasteiger partial charge is 0.420 e. The molecule has 1 aliphatic heterocycles. The van der Waals surface area contributed by atoms with Gasteiger partial charge in [0.2, 0.25) is 0 Å². The normalized spacial score (nSPS) is 12.0. The Morgan fingerprint density at radius 1 is 0.868 bits per heavy atom. The number of nitriles is 1. The number of benzene rings is 5. The van der Waals surface area contributed by atoms with E-state index in [4.69, 9.17) is 4.74 Å². The van der Waals surface area contributed by atoms with E-state index >= 15 is 0 Å². The molecule has 8 nitrogen and oxygen atoms in total. The maximum absolute atomic E-state index is 13.0. The first-order chi connectivity index (χ1) is 18.5. The zero-order valence-electron chi connectivity index (χ0n) is 19.7. The zero-order chi connectivity index (χ0) is 26.2. The molecule has 0 aliphatic carbocycles. The second kappa shape index (κ2) is 9.08. The molecule has 1 aliphatic rings. The Bertz CT molecular complexity index is 1900. The zero-order valence-corrected chi connectivity index (χ0v) is 19.7. The lowest BCUT2D eigenvalue weighted by atomic mass is 9.98. The summed E-state index contributed by atoms with van der Waals surface area (Å²) in [5, 5.41) is 32.8. The van der Waals surface area contributed by atoms with Crippen LogP contribution in [-0.4, -0.2) is 10.9 Å². The number of carbonyl (C=O) groups excluding carboxylic acids is 1. The Kier molecular flexibility index (Phi) is 5.44. The van der Waals surface area contributed by atoms with E-state index in [0.29, 0.717) is 22.5 Å². The van der Waals surface area contributed by atoms with Crippen molar-refractivity contribution in [1.29, 1.82) is 5.26 Å². The number of nitrogens with zero attached hydrogens (tertiary/aromatic N) is 4. The van der Waals surface area contributed by atoms with Crippen LogP contribution < -0.4 is 4.74 Å². The fraction of sp³-hybridized carbons (Fsp3) is 0. The van der Waals surface area contributed by atoms with Crippen molar-refractivity contribution < 1.29 is 14.5 Å². The topological polar surface area (TPSA) is 118 Å². The highest BCUT2D eigenvalue weighted by atomic mass is 16.6. The molecule has 1 heterocycles. The van der Waals surface area contributed by atoms with Crippen molar-refractivity contribution in [3.05, 3.63) is 112 Å². The van der Waals surface area contributed by atoms with Gasteiger partial charge in [-0.2, -0.15) is 5.26 Å².